The molecule has 0 unspecified atom stereocenters. The predicted molar refractivity (Wildman–Crippen MR) is 113 cm³/mol. The molecule has 6 heteroatoms. The summed E-state index contributed by atoms with van der Waals surface area (Å²) in [4.78, 5) is 17.7. The molecule has 0 fully saturated rings. The number of nitrogens with zero attached hydrogens (tertiary/aromatic N) is 2. The first-order valence-corrected chi connectivity index (χ1v) is 9.18. The summed E-state index contributed by atoms with van der Waals surface area (Å²) in [7, 11) is 3.21. The molecule has 1 amide bonds. The molecule has 146 valence electrons. The van der Waals surface area contributed by atoms with Crippen molar-refractivity contribution in [2.24, 2.45) is 0 Å². The van der Waals surface area contributed by atoms with E-state index in [2.05, 4.69) is 5.32 Å². The lowest BCUT2D eigenvalue weighted by atomic mass is 10.1. The standard InChI is InChI=1S/C23H21N3O3/c1-15-12-13-26-20(14-15)24-21(18-6-4-5-7-19(18)29-3)22(26)25-23(27)16-8-10-17(28-2)11-9-16/h4-14H,1-3H3,(H,25,27). The minimum absolute atomic E-state index is 0.230. The van der Waals surface area contributed by atoms with Crippen LogP contribution in [0, 0.1) is 6.92 Å². The van der Waals surface area contributed by atoms with Crippen molar-refractivity contribution in [2.75, 3.05) is 19.5 Å². The lowest BCUT2D eigenvalue weighted by Gasteiger charge is -2.10. The summed E-state index contributed by atoms with van der Waals surface area (Å²) < 4.78 is 12.6. The Morgan fingerprint density at radius 2 is 1.76 bits per heavy atom. The van der Waals surface area contributed by atoms with E-state index in [0.717, 1.165) is 16.8 Å². The zero-order valence-electron chi connectivity index (χ0n) is 16.5. The van der Waals surface area contributed by atoms with Crippen LogP contribution in [0.15, 0.2) is 66.9 Å². The molecule has 0 bridgehead atoms. The molecule has 0 aliphatic rings. The fraction of sp³-hybridized carbons (Fsp3) is 0.130. The normalized spacial score (nSPS) is 10.7. The molecule has 0 atom stereocenters. The van der Waals surface area contributed by atoms with Gasteiger partial charge in [0.2, 0.25) is 0 Å². The molecule has 0 spiro atoms. The van der Waals surface area contributed by atoms with Gasteiger partial charge in [-0.25, -0.2) is 4.98 Å². The summed E-state index contributed by atoms with van der Waals surface area (Å²) in [5, 5.41) is 3.02. The number of rotatable bonds is 5. The summed E-state index contributed by atoms with van der Waals surface area (Å²) in [6.45, 7) is 2.01. The van der Waals surface area contributed by atoms with Crippen LogP contribution in [0.4, 0.5) is 5.82 Å². The second-order valence-electron chi connectivity index (χ2n) is 6.62. The molecule has 6 nitrogen and oxygen atoms in total. The first-order chi connectivity index (χ1) is 14.1. The van der Waals surface area contributed by atoms with Crippen LogP contribution < -0.4 is 14.8 Å². The van der Waals surface area contributed by atoms with E-state index in [0.29, 0.717) is 28.6 Å². The van der Waals surface area contributed by atoms with Crippen LogP contribution >= 0.6 is 0 Å². The number of carbonyl (C=O) groups is 1. The number of anilines is 1. The Hall–Kier alpha value is -3.80. The molecular weight excluding hydrogens is 366 g/mol. The van der Waals surface area contributed by atoms with Crippen LogP contribution in [-0.2, 0) is 0 Å². The number of hydrogen-bond acceptors (Lipinski definition) is 4. The molecule has 4 rings (SSSR count). The van der Waals surface area contributed by atoms with Gasteiger partial charge in [-0.2, -0.15) is 0 Å². The van der Waals surface area contributed by atoms with E-state index in [1.165, 1.54) is 0 Å². The third-order valence-corrected chi connectivity index (χ3v) is 4.73. The molecule has 2 heterocycles. The highest BCUT2D eigenvalue weighted by Crippen LogP contribution is 2.35. The Kier molecular flexibility index (Phi) is 4.91. The van der Waals surface area contributed by atoms with Crippen molar-refractivity contribution < 1.29 is 14.3 Å². The lowest BCUT2D eigenvalue weighted by molar-refractivity contribution is 0.102. The van der Waals surface area contributed by atoms with Gasteiger partial charge in [-0.3, -0.25) is 9.20 Å². The molecule has 4 aromatic rings. The van der Waals surface area contributed by atoms with Gasteiger partial charge in [0.1, 0.15) is 28.7 Å². The lowest BCUT2D eigenvalue weighted by Crippen LogP contribution is -2.14. The second kappa shape index (κ2) is 7.67. The minimum Gasteiger partial charge on any atom is -0.497 e. The van der Waals surface area contributed by atoms with Crippen LogP contribution in [0.1, 0.15) is 15.9 Å². The number of carbonyl (C=O) groups excluding carboxylic acids is 1. The molecule has 1 N–H and O–H groups in total. The van der Waals surface area contributed by atoms with E-state index in [-0.39, 0.29) is 5.91 Å². The summed E-state index contributed by atoms with van der Waals surface area (Å²) >= 11 is 0. The highest BCUT2D eigenvalue weighted by atomic mass is 16.5. The van der Waals surface area contributed by atoms with E-state index < -0.39 is 0 Å². The topological polar surface area (TPSA) is 64.9 Å². The molecular formula is C23H21N3O3. The molecule has 0 radical (unpaired) electrons. The maximum Gasteiger partial charge on any atom is 0.256 e. The van der Waals surface area contributed by atoms with E-state index in [1.807, 2.05) is 53.9 Å². The SMILES string of the molecule is COc1ccc(C(=O)Nc2c(-c3ccccc3OC)nc3cc(C)ccn23)cc1. The first kappa shape index (κ1) is 18.6. The number of hydrogen-bond donors (Lipinski definition) is 1. The summed E-state index contributed by atoms with van der Waals surface area (Å²) in [6.07, 6.45) is 1.90. The highest BCUT2D eigenvalue weighted by molar-refractivity contribution is 6.06. The fourth-order valence-electron chi connectivity index (χ4n) is 3.22. The molecule has 29 heavy (non-hydrogen) atoms. The van der Waals surface area contributed by atoms with Crippen LogP contribution in [0.3, 0.4) is 0 Å². The van der Waals surface area contributed by atoms with Crippen molar-refractivity contribution >= 4 is 17.4 Å². The summed E-state index contributed by atoms with van der Waals surface area (Å²) in [5.41, 5.74) is 3.81. The molecule has 2 aromatic heterocycles. The third-order valence-electron chi connectivity index (χ3n) is 4.73. The number of ether oxygens (including phenoxy) is 2. The molecule has 0 saturated carbocycles. The molecule has 0 aliphatic heterocycles. The van der Waals surface area contributed by atoms with Gasteiger partial charge in [0, 0.05) is 17.3 Å². The number of methoxy groups -OCH3 is 2. The number of amides is 1. The van der Waals surface area contributed by atoms with Crippen molar-refractivity contribution in [3.05, 3.63) is 78.0 Å². The van der Waals surface area contributed by atoms with Gasteiger partial charge in [-0.1, -0.05) is 12.1 Å². The predicted octanol–water partition coefficient (Wildman–Crippen LogP) is 4.58. The Bertz CT molecular complexity index is 1180. The number of para-hydroxylation sites is 1. The van der Waals surface area contributed by atoms with Crippen LogP contribution in [0.2, 0.25) is 0 Å². The zero-order chi connectivity index (χ0) is 20.4. The zero-order valence-corrected chi connectivity index (χ0v) is 16.5. The van der Waals surface area contributed by atoms with E-state index in [9.17, 15) is 4.79 Å². The summed E-state index contributed by atoms with van der Waals surface area (Å²) in [6, 6.07) is 18.5. The van der Waals surface area contributed by atoms with Gasteiger partial charge in [-0.05, 0) is 61.0 Å². The number of aromatic nitrogens is 2. The number of benzene rings is 2. The maximum atomic E-state index is 12.9. The van der Waals surface area contributed by atoms with Gasteiger partial charge in [0.25, 0.3) is 5.91 Å². The van der Waals surface area contributed by atoms with Gasteiger partial charge in [0.15, 0.2) is 0 Å². The summed E-state index contributed by atoms with van der Waals surface area (Å²) in [5.74, 6) is 1.74. The Morgan fingerprint density at radius 3 is 2.48 bits per heavy atom. The van der Waals surface area contributed by atoms with Crippen LogP contribution in [0.5, 0.6) is 11.5 Å². The van der Waals surface area contributed by atoms with Crippen molar-refractivity contribution in [2.45, 2.75) is 6.92 Å². The van der Waals surface area contributed by atoms with Gasteiger partial charge >= 0.3 is 0 Å². The van der Waals surface area contributed by atoms with Crippen molar-refractivity contribution in [3.63, 3.8) is 0 Å². The number of pyridine rings is 1. The quantitative estimate of drug-likeness (QED) is 0.544. The molecule has 0 aliphatic carbocycles. The third kappa shape index (κ3) is 3.52. The largest absolute Gasteiger partial charge is 0.497 e. The Balaban J connectivity index is 1.82. The smallest absolute Gasteiger partial charge is 0.256 e. The molecule has 0 saturated heterocycles. The van der Waals surface area contributed by atoms with Gasteiger partial charge in [0.05, 0.1) is 14.2 Å². The molecule has 2 aromatic carbocycles. The fourth-order valence-corrected chi connectivity index (χ4v) is 3.22. The highest BCUT2D eigenvalue weighted by Gasteiger charge is 2.20. The Morgan fingerprint density at radius 1 is 1.00 bits per heavy atom. The number of fused-ring (bicyclic) bond motifs is 1. The minimum atomic E-state index is -0.230. The Labute approximate surface area is 168 Å². The average Bonchev–Trinajstić information content (AvgIpc) is 3.10. The van der Waals surface area contributed by atoms with Crippen LogP contribution in [-0.4, -0.2) is 29.5 Å². The second-order valence-corrected chi connectivity index (χ2v) is 6.62. The van der Waals surface area contributed by atoms with Crippen molar-refractivity contribution in [1.29, 1.82) is 0 Å². The number of imidazole rings is 1. The van der Waals surface area contributed by atoms with Crippen molar-refractivity contribution in [3.8, 4) is 22.8 Å². The van der Waals surface area contributed by atoms with E-state index >= 15 is 0 Å². The van der Waals surface area contributed by atoms with Gasteiger partial charge in [-0.15, -0.1) is 0 Å². The first-order valence-electron chi connectivity index (χ1n) is 9.18. The average molecular weight is 387 g/mol. The van der Waals surface area contributed by atoms with Crippen LogP contribution in [0.25, 0.3) is 16.9 Å². The van der Waals surface area contributed by atoms with E-state index in [4.69, 9.17) is 14.5 Å². The van der Waals surface area contributed by atoms with Crippen molar-refractivity contribution in [1.82, 2.24) is 9.38 Å². The number of aryl methyl sites for hydroxylation is 1. The van der Waals surface area contributed by atoms with Gasteiger partial charge < -0.3 is 14.8 Å². The number of nitrogens with one attached hydrogen (secondary N) is 1. The monoisotopic (exact) mass is 387 g/mol. The van der Waals surface area contributed by atoms with E-state index in [1.54, 1.807) is 38.5 Å². The maximum absolute atomic E-state index is 12.9.